The van der Waals surface area contributed by atoms with Crippen molar-refractivity contribution in [1.29, 1.82) is 0 Å². The predicted molar refractivity (Wildman–Crippen MR) is 96.0 cm³/mol. The second kappa shape index (κ2) is 7.90. The Balaban J connectivity index is 2.05. The maximum atomic E-state index is 12.8. The maximum Gasteiger partial charge on any atom is 0.259 e. The van der Waals surface area contributed by atoms with E-state index < -0.39 is 5.60 Å². The first kappa shape index (κ1) is 18.6. The Kier molecular flexibility index (Phi) is 5.88. The van der Waals surface area contributed by atoms with E-state index in [1.165, 1.54) is 12.0 Å². The van der Waals surface area contributed by atoms with E-state index in [4.69, 9.17) is 4.74 Å². The molecule has 2 amide bonds. The molecule has 2 aromatic rings. The number of likely N-dealkylation sites (N-methyl/N-ethyl adjacent to an activating group) is 1. The van der Waals surface area contributed by atoms with Gasteiger partial charge in [0, 0.05) is 20.4 Å². The number of hydrogen-bond acceptors (Lipinski definition) is 4. The van der Waals surface area contributed by atoms with E-state index in [0.717, 1.165) is 11.1 Å². The predicted octanol–water partition coefficient (Wildman–Crippen LogP) is 2.35. The molecule has 1 N–H and O–H groups in total. The van der Waals surface area contributed by atoms with E-state index in [1.54, 1.807) is 26.2 Å². The summed E-state index contributed by atoms with van der Waals surface area (Å²) in [4.78, 5) is 30.5. The molecule has 1 aromatic heterocycles. The van der Waals surface area contributed by atoms with Gasteiger partial charge in [-0.2, -0.15) is 0 Å². The lowest BCUT2D eigenvalue weighted by molar-refractivity contribution is -0.154. The lowest BCUT2D eigenvalue weighted by Gasteiger charge is -2.31. The van der Waals surface area contributed by atoms with E-state index in [9.17, 15) is 9.59 Å². The first-order chi connectivity index (χ1) is 11.9. The number of methoxy groups -OCH3 is 1. The molecule has 0 aliphatic carbocycles. The molecular formula is C19H23N3O3. The van der Waals surface area contributed by atoms with Gasteiger partial charge in [0.05, 0.1) is 6.54 Å². The van der Waals surface area contributed by atoms with Crippen molar-refractivity contribution in [3.8, 4) is 0 Å². The highest BCUT2D eigenvalue weighted by molar-refractivity contribution is 5.95. The lowest BCUT2D eigenvalue weighted by Crippen LogP contribution is -2.47. The molecule has 0 saturated heterocycles. The molecule has 2 rings (SSSR count). The van der Waals surface area contributed by atoms with Gasteiger partial charge in [0.1, 0.15) is 5.82 Å². The van der Waals surface area contributed by atoms with Gasteiger partial charge in [0.25, 0.3) is 5.91 Å². The van der Waals surface area contributed by atoms with Crippen molar-refractivity contribution in [2.45, 2.75) is 19.4 Å². The highest BCUT2D eigenvalue weighted by atomic mass is 16.5. The highest BCUT2D eigenvalue weighted by Gasteiger charge is 2.37. The van der Waals surface area contributed by atoms with E-state index in [2.05, 4.69) is 10.3 Å². The molecule has 0 radical (unpaired) electrons. The second-order valence-corrected chi connectivity index (χ2v) is 6.03. The van der Waals surface area contributed by atoms with E-state index in [1.807, 2.05) is 43.3 Å². The molecule has 0 fully saturated rings. The molecule has 6 heteroatoms. The van der Waals surface area contributed by atoms with Crippen LogP contribution in [-0.4, -0.2) is 42.4 Å². The number of aryl methyl sites for hydroxylation is 1. The molecule has 0 saturated carbocycles. The standard InChI is InChI=1S/C19H23N3O3/c1-14-10-11-16(20-12-14)21-17(23)13-22(3)18(24)19(2,25-4)15-8-6-5-7-9-15/h5-12H,13H2,1-4H3,(H,20,21,23). The molecule has 0 bridgehead atoms. The number of pyridine rings is 1. The van der Waals surface area contributed by atoms with Gasteiger partial charge in [0.15, 0.2) is 5.60 Å². The van der Waals surface area contributed by atoms with Gasteiger partial charge in [-0.1, -0.05) is 36.4 Å². The topological polar surface area (TPSA) is 71.5 Å². The zero-order valence-corrected chi connectivity index (χ0v) is 14.9. The molecule has 1 atom stereocenters. The molecule has 0 aliphatic heterocycles. The third-order valence-corrected chi connectivity index (χ3v) is 4.05. The minimum absolute atomic E-state index is 0.0971. The third-order valence-electron chi connectivity index (χ3n) is 4.05. The quantitative estimate of drug-likeness (QED) is 0.875. The number of nitrogens with one attached hydrogen (secondary N) is 1. The number of ether oxygens (including phenoxy) is 1. The van der Waals surface area contributed by atoms with Crippen LogP contribution in [0.4, 0.5) is 5.82 Å². The fourth-order valence-corrected chi connectivity index (χ4v) is 2.46. The summed E-state index contributed by atoms with van der Waals surface area (Å²) in [7, 11) is 3.06. The Morgan fingerprint density at radius 2 is 1.88 bits per heavy atom. The van der Waals surface area contributed by atoms with Gasteiger partial charge in [-0.05, 0) is 31.0 Å². The molecule has 0 aliphatic rings. The molecule has 6 nitrogen and oxygen atoms in total. The Morgan fingerprint density at radius 1 is 1.20 bits per heavy atom. The Morgan fingerprint density at radius 3 is 2.44 bits per heavy atom. The van der Waals surface area contributed by atoms with Gasteiger partial charge in [-0.3, -0.25) is 9.59 Å². The number of nitrogens with zero attached hydrogens (tertiary/aromatic N) is 2. The largest absolute Gasteiger partial charge is 0.364 e. The third kappa shape index (κ3) is 4.42. The van der Waals surface area contributed by atoms with Crippen LogP contribution in [0.5, 0.6) is 0 Å². The van der Waals surface area contributed by atoms with Crippen LogP contribution in [0.25, 0.3) is 0 Å². The van der Waals surface area contributed by atoms with Crippen molar-refractivity contribution in [1.82, 2.24) is 9.88 Å². The molecule has 1 unspecified atom stereocenters. The summed E-state index contributed by atoms with van der Waals surface area (Å²) >= 11 is 0. The first-order valence-electron chi connectivity index (χ1n) is 7.95. The van der Waals surface area contributed by atoms with Gasteiger partial charge >= 0.3 is 0 Å². The number of rotatable bonds is 6. The molecular weight excluding hydrogens is 318 g/mol. The second-order valence-electron chi connectivity index (χ2n) is 6.03. The average Bonchev–Trinajstić information content (AvgIpc) is 2.63. The van der Waals surface area contributed by atoms with Gasteiger partial charge in [-0.25, -0.2) is 4.98 Å². The Bertz CT molecular complexity index is 731. The van der Waals surface area contributed by atoms with Crippen LogP contribution in [0.15, 0.2) is 48.7 Å². The highest BCUT2D eigenvalue weighted by Crippen LogP contribution is 2.26. The SMILES string of the molecule is COC(C)(C(=O)N(C)CC(=O)Nc1ccc(C)cn1)c1ccccc1. The summed E-state index contributed by atoms with van der Waals surface area (Å²) in [5.74, 6) is -0.166. The molecule has 1 heterocycles. The van der Waals surface area contributed by atoms with Crippen LogP contribution in [0.2, 0.25) is 0 Å². The average molecular weight is 341 g/mol. The summed E-state index contributed by atoms with van der Waals surface area (Å²) in [5.41, 5.74) is 0.581. The van der Waals surface area contributed by atoms with Crippen molar-refractivity contribution in [2.24, 2.45) is 0 Å². The van der Waals surface area contributed by atoms with Crippen molar-refractivity contribution in [2.75, 3.05) is 26.0 Å². The maximum absolute atomic E-state index is 12.8. The number of anilines is 1. The molecule has 132 valence electrons. The van der Waals surface area contributed by atoms with Crippen molar-refractivity contribution in [3.63, 3.8) is 0 Å². The van der Waals surface area contributed by atoms with Crippen LogP contribution in [0, 0.1) is 6.92 Å². The zero-order chi connectivity index (χ0) is 18.4. The molecule has 25 heavy (non-hydrogen) atoms. The summed E-state index contributed by atoms with van der Waals surface area (Å²) in [6.07, 6.45) is 1.67. The van der Waals surface area contributed by atoms with E-state index in [-0.39, 0.29) is 18.4 Å². The number of hydrogen-bond donors (Lipinski definition) is 1. The minimum atomic E-state index is -1.15. The van der Waals surface area contributed by atoms with Crippen LogP contribution >= 0.6 is 0 Å². The fraction of sp³-hybridized carbons (Fsp3) is 0.316. The molecule has 0 spiro atoms. The van der Waals surface area contributed by atoms with Gasteiger partial charge in [-0.15, -0.1) is 0 Å². The summed E-state index contributed by atoms with van der Waals surface area (Å²) in [5, 5.41) is 2.68. The molecule has 1 aromatic carbocycles. The van der Waals surface area contributed by atoms with Gasteiger partial charge in [0.2, 0.25) is 5.91 Å². The first-order valence-corrected chi connectivity index (χ1v) is 7.95. The summed E-state index contributed by atoms with van der Waals surface area (Å²) in [6.45, 7) is 3.51. The van der Waals surface area contributed by atoms with Crippen molar-refractivity contribution < 1.29 is 14.3 Å². The van der Waals surface area contributed by atoms with E-state index in [0.29, 0.717) is 5.82 Å². The summed E-state index contributed by atoms with van der Waals surface area (Å²) < 4.78 is 5.48. The monoisotopic (exact) mass is 341 g/mol. The normalized spacial score (nSPS) is 13.0. The number of amides is 2. The number of benzene rings is 1. The Hall–Kier alpha value is -2.73. The fourth-order valence-electron chi connectivity index (χ4n) is 2.46. The van der Waals surface area contributed by atoms with Crippen molar-refractivity contribution in [3.05, 3.63) is 59.8 Å². The zero-order valence-electron chi connectivity index (χ0n) is 14.9. The van der Waals surface area contributed by atoms with Crippen LogP contribution in [0.1, 0.15) is 18.1 Å². The Labute approximate surface area is 147 Å². The van der Waals surface area contributed by atoms with E-state index >= 15 is 0 Å². The van der Waals surface area contributed by atoms with Crippen LogP contribution < -0.4 is 5.32 Å². The van der Waals surface area contributed by atoms with Crippen molar-refractivity contribution >= 4 is 17.6 Å². The minimum Gasteiger partial charge on any atom is -0.364 e. The number of carbonyl (C=O) groups is 2. The summed E-state index contributed by atoms with van der Waals surface area (Å²) in [6, 6.07) is 12.8. The van der Waals surface area contributed by atoms with Crippen LogP contribution in [-0.2, 0) is 19.9 Å². The number of aromatic nitrogens is 1. The van der Waals surface area contributed by atoms with Crippen LogP contribution in [0.3, 0.4) is 0 Å². The number of carbonyl (C=O) groups excluding carboxylic acids is 2. The van der Waals surface area contributed by atoms with Gasteiger partial charge < -0.3 is 15.0 Å². The lowest BCUT2D eigenvalue weighted by atomic mass is 9.94. The smallest absolute Gasteiger partial charge is 0.259 e.